The Morgan fingerprint density at radius 1 is 1.56 bits per heavy atom. The Labute approximate surface area is 108 Å². The van der Waals surface area contributed by atoms with E-state index in [0.29, 0.717) is 31.2 Å². The molecule has 0 bridgehead atoms. The SMILES string of the molecule is O=C(O)CCCNCc1noc(-c2ccsc2)n1. The summed E-state index contributed by atoms with van der Waals surface area (Å²) >= 11 is 1.57. The van der Waals surface area contributed by atoms with E-state index in [1.165, 1.54) is 0 Å². The van der Waals surface area contributed by atoms with Crippen LogP contribution in [0, 0.1) is 0 Å². The third kappa shape index (κ3) is 3.64. The van der Waals surface area contributed by atoms with Crippen LogP contribution in [0.2, 0.25) is 0 Å². The summed E-state index contributed by atoms with van der Waals surface area (Å²) in [5, 5.41) is 19.3. The number of nitrogens with zero attached hydrogens (tertiary/aromatic N) is 2. The van der Waals surface area contributed by atoms with Gasteiger partial charge in [-0.25, -0.2) is 0 Å². The highest BCUT2D eigenvalue weighted by molar-refractivity contribution is 7.08. The van der Waals surface area contributed by atoms with Crippen LogP contribution in [0.25, 0.3) is 11.5 Å². The molecule has 2 aromatic heterocycles. The van der Waals surface area contributed by atoms with Crippen molar-refractivity contribution in [1.82, 2.24) is 15.5 Å². The number of rotatable bonds is 7. The number of carbonyl (C=O) groups is 1. The fraction of sp³-hybridized carbons (Fsp3) is 0.364. The van der Waals surface area contributed by atoms with E-state index in [-0.39, 0.29) is 6.42 Å². The number of aromatic nitrogens is 2. The van der Waals surface area contributed by atoms with Crippen molar-refractivity contribution in [3.05, 3.63) is 22.7 Å². The highest BCUT2D eigenvalue weighted by Gasteiger charge is 2.08. The first-order valence-corrected chi connectivity index (χ1v) is 6.47. The molecule has 0 fully saturated rings. The second kappa shape index (κ2) is 6.27. The van der Waals surface area contributed by atoms with Gasteiger partial charge in [-0.05, 0) is 24.4 Å². The van der Waals surface area contributed by atoms with Crippen molar-refractivity contribution in [1.29, 1.82) is 0 Å². The van der Waals surface area contributed by atoms with E-state index in [0.717, 1.165) is 5.56 Å². The Hall–Kier alpha value is -1.73. The summed E-state index contributed by atoms with van der Waals surface area (Å²) in [5.41, 5.74) is 0.921. The van der Waals surface area contributed by atoms with E-state index in [1.807, 2.05) is 16.8 Å². The van der Waals surface area contributed by atoms with E-state index in [1.54, 1.807) is 11.3 Å². The summed E-state index contributed by atoms with van der Waals surface area (Å²) in [4.78, 5) is 14.5. The first-order chi connectivity index (χ1) is 8.75. The maximum absolute atomic E-state index is 10.3. The molecule has 0 unspecified atom stereocenters. The van der Waals surface area contributed by atoms with Gasteiger partial charge in [-0.15, -0.1) is 0 Å². The average Bonchev–Trinajstić information content (AvgIpc) is 2.98. The van der Waals surface area contributed by atoms with Crippen molar-refractivity contribution >= 4 is 17.3 Å². The molecule has 0 aliphatic carbocycles. The van der Waals surface area contributed by atoms with Gasteiger partial charge in [0.2, 0.25) is 0 Å². The van der Waals surface area contributed by atoms with Gasteiger partial charge in [0.05, 0.1) is 12.1 Å². The highest BCUT2D eigenvalue weighted by atomic mass is 32.1. The van der Waals surface area contributed by atoms with Crippen LogP contribution in [0.3, 0.4) is 0 Å². The molecule has 18 heavy (non-hydrogen) atoms. The van der Waals surface area contributed by atoms with Gasteiger partial charge in [-0.3, -0.25) is 4.79 Å². The van der Waals surface area contributed by atoms with Gasteiger partial charge in [0.15, 0.2) is 5.82 Å². The Balaban J connectivity index is 1.76. The lowest BCUT2D eigenvalue weighted by atomic mass is 10.3. The molecule has 6 nitrogen and oxygen atoms in total. The van der Waals surface area contributed by atoms with Gasteiger partial charge in [0.25, 0.3) is 5.89 Å². The van der Waals surface area contributed by atoms with Crippen LogP contribution in [0.5, 0.6) is 0 Å². The monoisotopic (exact) mass is 267 g/mol. The fourth-order valence-corrected chi connectivity index (χ4v) is 2.02. The number of hydrogen-bond donors (Lipinski definition) is 2. The minimum Gasteiger partial charge on any atom is -0.481 e. The summed E-state index contributed by atoms with van der Waals surface area (Å²) < 4.78 is 5.12. The zero-order valence-corrected chi connectivity index (χ0v) is 10.4. The second-order valence-electron chi connectivity index (χ2n) is 3.70. The number of hydrogen-bond acceptors (Lipinski definition) is 6. The largest absolute Gasteiger partial charge is 0.481 e. The third-order valence-corrected chi connectivity index (χ3v) is 2.95. The summed E-state index contributed by atoms with van der Waals surface area (Å²) in [6.45, 7) is 1.10. The van der Waals surface area contributed by atoms with Crippen molar-refractivity contribution < 1.29 is 14.4 Å². The van der Waals surface area contributed by atoms with Gasteiger partial charge in [-0.2, -0.15) is 16.3 Å². The molecular formula is C11H13N3O3S. The molecule has 0 radical (unpaired) electrons. The molecule has 2 heterocycles. The molecule has 7 heteroatoms. The predicted molar refractivity (Wildman–Crippen MR) is 66.2 cm³/mol. The molecule has 0 saturated heterocycles. The van der Waals surface area contributed by atoms with E-state index >= 15 is 0 Å². The first kappa shape index (κ1) is 12.7. The molecular weight excluding hydrogens is 254 g/mol. The molecule has 0 aliphatic rings. The van der Waals surface area contributed by atoms with Crippen LogP contribution in [0.15, 0.2) is 21.3 Å². The summed E-state index contributed by atoms with van der Waals surface area (Å²) in [6, 6.07) is 1.92. The van der Waals surface area contributed by atoms with Crippen LogP contribution < -0.4 is 5.32 Å². The second-order valence-corrected chi connectivity index (χ2v) is 4.48. The lowest BCUT2D eigenvalue weighted by molar-refractivity contribution is -0.137. The quantitative estimate of drug-likeness (QED) is 0.743. The smallest absolute Gasteiger partial charge is 0.303 e. The molecule has 2 aromatic rings. The van der Waals surface area contributed by atoms with Gasteiger partial charge in [0, 0.05) is 11.8 Å². The average molecular weight is 267 g/mol. The molecule has 0 saturated carbocycles. The number of nitrogens with one attached hydrogen (secondary N) is 1. The molecule has 0 spiro atoms. The van der Waals surface area contributed by atoms with Crippen LogP contribution in [-0.2, 0) is 11.3 Å². The molecule has 2 rings (SSSR count). The van der Waals surface area contributed by atoms with Crippen molar-refractivity contribution in [2.75, 3.05) is 6.54 Å². The van der Waals surface area contributed by atoms with E-state index in [9.17, 15) is 4.79 Å². The standard InChI is InChI=1S/C11H13N3O3S/c15-10(16)2-1-4-12-6-9-13-11(17-14-9)8-3-5-18-7-8/h3,5,7,12H,1-2,4,6H2,(H,15,16). The summed E-state index contributed by atoms with van der Waals surface area (Å²) in [6.07, 6.45) is 0.754. The van der Waals surface area contributed by atoms with Crippen molar-refractivity contribution in [2.45, 2.75) is 19.4 Å². The first-order valence-electron chi connectivity index (χ1n) is 5.53. The summed E-state index contributed by atoms with van der Waals surface area (Å²) in [7, 11) is 0. The Bertz CT molecular complexity index is 495. The number of carboxylic acid groups (broad SMARTS) is 1. The molecule has 0 atom stereocenters. The highest BCUT2D eigenvalue weighted by Crippen LogP contribution is 2.19. The normalized spacial score (nSPS) is 10.7. The lowest BCUT2D eigenvalue weighted by Gasteiger charge is -1.98. The number of thiophene rings is 1. The van der Waals surface area contributed by atoms with Gasteiger partial charge < -0.3 is 14.9 Å². The van der Waals surface area contributed by atoms with E-state index < -0.39 is 5.97 Å². The summed E-state index contributed by atoms with van der Waals surface area (Å²) in [5.74, 6) is 0.307. The molecule has 0 amide bonds. The maximum Gasteiger partial charge on any atom is 0.303 e. The van der Waals surface area contributed by atoms with Crippen LogP contribution in [0.1, 0.15) is 18.7 Å². The van der Waals surface area contributed by atoms with E-state index in [2.05, 4.69) is 15.5 Å². The third-order valence-electron chi connectivity index (χ3n) is 2.26. The van der Waals surface area contributed by atoms with Crippen molar-refractivity contribution in [3.8, 4) is 11.5 Å². The van der Waals surface area contributed by atoms with Crippen LogP contribution in [0.4, 0.5) is 0 Å². The molecule has 2 N–H and O–H groups in total. The molecule has 0 aromatic carbocycles. The minimum atomic E-state index is -0.781. The minimum absolute atomic E-state index is 0.166. The Kier molecular flexibility index (Phi) is 4.43. The fourth-order valence-electron chi connectivity index (χ4n) is 1.39. The van der Waals surface area contributed by atoms with Gasteiger partial charge in [0.1, 0.15) is 0 Å². The zero-order chi connectivity index (χ0) is 12.8. The van der Waals surface area contributed by atoms with Gasteiger partial charge in [-0.1, -0.05) is 5.16 Å². The topological polar surface area (TPSA) is 88.2 Å². The lowest BCUT2D eigenvalue weighted by Crippen LogP contribution is -2.16. The maximum atomic E-state index is 10.3. The van der Waals surface area contributed by atoms with Crippen LogP contribution in [-0.4, -0.2) is 27.8 Å². The molecule has 96 valence electrons. The van der Waals surface area contributed by atoms with E-state index in [4.69, 9.17) is 9.63 Å². The van der Waals surface area contributed by atoms with Crippen LogP contribution >= 0.6 is 11.3 Å². The molecule has 0 aliphatic heterocycles. The Morgan fingerprint density at radius 2 is 2.44 bits per heavy atom. The number of aliphatic carboxylic acids is 1. The van der Waals surface area contributed by atoms with Crippen molar-refractivity contribution in [2.24, 2.45) is 0 Å². The number of carboxylic acids is 1. The predicted octanol–water partition coefficient (Wildman–Crippen LogP) is 1.75. The van der Waals surface area contributed by atoms with Gasteiger partial charge >= 0.3 is 5.97 Å². The Morgan fingerprint density at radius 3 is 3.17 bits per heavy atom. The van der Waals surface area contributed by atoms with Crippen molar-refractivity contribution in [3.63, 3.8) is 0 Å². The zero-order valence-electron chi connectivity index (χ0n) is 9.63.